The highest BCUT2D eigenvalue weighted by Crippen LogP contribution is 2.30. The van der Waals surface area contributed by atoms with E-state index in [0.717, 1.165) is 11.1 Å². The minimum absolute atomic E-state index is 0.133. The summed E-state index contributed by atoms with van der Waals surface area (Å²) in [6.45, 7) is 5.48. The van der Waals surface area contributed by atoms with Gasteiger partial charge in [0.1, 0.15) is 5.60 Å². The molecule has 6 heteroatoms. The van der Waals surface area contributed by atoms with Crippen molar-refractivity contribution in [2.45, 2.75) is 51.7 Å². The van der Waals surface area contributed by atoms with E-state index in [1.807, 2.05) is 24.3 Å². The van der Waals surface area contributed by atoms with Crippen molar-refractivity contribution < 1.29 is 19.1 Å². The molecule has 0 radical (unpaired) electrons. The van der Waals surface area contributed by atoms with Crippen LogP contribution in [0.5, 0.6) is 0 Å². The van der Waals surface area contributed by atoms with Crippen molar-refractivity contribution in [2.75, 3.05) is 0 Å². The third-order valence-electron chi connectivity index (χ3n) is 3.61. The van der Waals surface area contributed by atoms with E-state index >= 15 is 0 Å². The van der Waals surface area contributed by atoms with Crippen molar-refractivity contribution in [1.82, 2.24) is 4.90 Å². The summed E-state index contributed by atoms with van der Waals surface area (Å²) in [5.41, 5.74) is 6.52. The van der Waals surface area contributed by atoms with E-state index in [9.17, 15) is 14.4 Å². The summed E-state index contributed by atoms with van der Waals surface area (Å²) in [6, 6.07) is 7.31. The number of ether oxygens (including phenoxy) is 1. The molecule has 0 spiro atoms. The second-order valence-electron chi connectivity index (χ2n) is 6.58. The zero-order chi connectivity index (χ0) is 17.2. The smallest absolute Gasteiger partial charge is 0.424 e. The summed E-state index contributed by atoms with van der Waals surface area (Å²) in [4.78, 5) is 37.4. The number of amides is 3. The Kier molecular flexibility index (Phi) is 4.85. The van der Waals surface area contributed by atoms with Crippen LogP contribution >= 0.6 is 0 Å². The third-order valence-corrected chi connectivity index (χ3v) is 3.61. The van der Waals surface area contributed by atoms with Crippen LogP contribution in [0.2, 0.25) is 0 Å². The molecule has 1 saturated heterocycles. The highest BCUT2D eigenvalue weighted by Gasteiger charge is 2.41. The molecule has 0 bridgehead atoms. The Morgan fingerprint density at radius 3 is 2.39 bits per heavy atom. The summed E-state index contributed by atoms with van der Waals surface area (Å²) in [5, 5.41) is 0. The van der Waals surface area contributed by atoms with Crippen LogP contribution in [0.3, 0.4) is 0 Å². The molecular weight excluding hydrogens is 296 g/mol. The fourth-order valence-electron chi connectivity index (χ4n) is 2.48. The molecule has 1 fully saturated rings. The Morgan fingerprint density at radius 2 is 1.87 bits per heavy atom. The summed E-state index contributed by atoms with van der Waals surface area (Å²) < 4.78 is 5.17. The zero-order valence-electron chi connectivity index (χ0n) is 13.7. The van der Waals surface area contributed by atoms with Crippen molar-refractivity contribution in [3.8, 4) is 0 Å². The SMILES string of the molecule is CC(C)(C)OC(=O)N1C(=O)CCC(c2ccc(CN)cc2)C1=O. The molecule has 2 N–H and O–H groups in total. The van der Waals surface area contributed by atoms with E-state index < -0.39 is 29.4 Å². The number of benzene rings is 1. The fourth-order valence-corrected chi connectivity index (χ4v) is 2.48. The van der Waals surface area contributed by atoms with E-state index in [1.165, 1.54) is 0 Å². The van der Waals surface area contributed by atoms with Gasteiger partial charge >= 0.3 is 6.09 Å². The molecule has 124 valence electrons. The average Bonchev–Trinajstić information content (AvgIpc) is 2.46. The molecule has 0 aliphatic carbocycles. The van der Waals surface area contributed by atoms with Gasteiger partial charge in [0.15, 0.2) is 0 Å². The lowest BCUT2D eigenvalue weighted by molar-refractivity contribution is -0.147. The van der Waals surface area contributed by atoms with Gasteiger partial charge in [-0.25, -0.2) is 4.79 Å². The van der Waals surface area contributed by atoms with Crippen LogP contribution < -0.4 is 5.73 Å². The Balaban J connectivity index is 2.22. The second-order valence-corrected chi connectivity index (χ2v) is 6.58. The monoisotopic (exact) mass is 318 g/mol. The highest BCUT2D eigenvalue weighted by atomic mass is 16.6. The van der Waals surface area contributed by atoms with Gasteiger partial charge in [-0.1, -0.05) is 24.3 Å². The molecule has 0 aromatic heterocycles. The maximum atomic E-state index is 12.6. The molecule has 23 heavy (non-hydrogen) atoms. The average molecular weight is 318 g/mol. The van der Waals surface area contributed by atoms with Gasteiger partial charge in [0, 0.05) is 13.0 Å². The fraction of sp³-hybridized carbons (Fsp3) is 0.471. The second kappa shape index (κ2) is 6.50. The van der Waals surface area contributed by atoms with Gasteiger partial charge in [-0.3, -0.25) is 9.59 Å². The van der Waals surface area contributed by atoms with Crippen molar-refractivity contribution in [2.24, 2.45) is 5.73 Å². The minimum Gasteiger partial charge on any atom is -0.443 e. The first kappa shape index (κ1) is 17.1. The van der Waals surface area contributed by atoms with Gasteiger partial charge < -0.3 is 10.5 Å². The molecule has 6 nitrogen and oxygen atoms in total. The Bertz CT molecular complexity index is 616. The lowest BCUT2D eigenvalue weighted by Crippen LogP contribution is -2.49. The van der Waals surface area contributed by atoms with Gasteiger partial charge in [-0.05, 0) is 38.3 Å². The van der Waals surface area contributed by atoms with Crippen LogP contribution in [0.15, 0.2) is 24.3 Å². The lowest BCUT2D eigenvalue weighted by atomic mass is 9.89. The maximum absolute atomic E-state index is 12.6. The third kappa shape index (κ3) is 3.96. The number of rotatable bonds is 2. The lowest BCUT2D eigenvalue weighted by Gasteiger charge is -2.31. The van der Waals surface area contributed by atoms with E-state index in [4.69, 9.17) is 10.5 Å². The van der Waals surface area contributed by atoms with E-state index in [-0.39, 0.29) is 6.42 Å². The highest BCUT2D eigenvalue weighted by molar-refractivity contribution is 6.12. The molecule has 2 rings (SSSR count). The van der Waals surface area contributed by atoms with Crippen LogP contribution in [-0.2, 0) is 20.9 Å². The van der Waals surface area contributed by atoms with Crippen LogP contribution in [0.1, 0.15) is 50.7 Å². The Morgan fingerprint density at radius 1 is 1.26 bits per heavy atom. The molecule has 0 saturated carbocycles. The topological polar surface area (TPSA) is 89.7 Å². The standard InChI is InChI=1S/C17H22N2O4/c1-17(2,3)23-16(22)19-14(20)9-8-13(15(19)21)12-6-4-11(10-18)5-7-12/h4-7,13H,8-10,18H2,1-3H3. The predicted molar refractivity (Wildman–Crippen MR) is 84.4 cm³/mol. The van der Waals surface area contributed by atoms with Gasteiger partial charge in [0.25, 0.3) is 0 Å². The first-order valence-corrected chi connectivity index (χ1v) is 7.61. The van der Waals surface area contributed by atoms with Crippen molar-refractivity contribution in [3.05, 3.63) is 35.4 Å². The summed E-state index contributed by atoms with van der Waals surface area (Å²) in [7, 11) is 0. The minimum atomic E-state index is -0.907. The number of imide groups is 3. The number of hydrogen-bond acceptors (Lipinski definition) is 5. The van der Waals surface area contributed by atoms with E-state index in [1.54, 1.807) is 20.8 Å². The van der Waals surface area contributed by atoms with E-state index in [2.05, 4.69) is 0 Å². The number of nitrogens with two attached hydrogens (primary N) is 1. The molecule has 1 aliphatic heterocycles. The van der Waals surface area contributed by atoms with Gasteiger partial charge in [0.05, 0.1) is 5.92 Å². The molecule has 1 atom stereocenters. The Labute approximate surface area is 135 Å². The van der Waals surface area contributed by atoms with Crippen LogP contribution in [0, 0.1) is 0 Å². The summed E-state index contributed by atoms with van der Waals surface area (Å²) >= 11 is 0. The number of piperidine rings is 1. The zero-order valence-corrected chi connectivity index (χ0v) is 13.7. The normalized spacial score (nSPS) is 19.0. The number of nitrogens with zero attached hydrogens (tertiary/aromatic N) is 1. The molecule has 1 aliphatic rings. The van der Waals surface area contributed by atoms with Gasteiger partial charge in [-0.2, -0.15) is 4.90 Å². The van der Waals surface area contributed by atoms with Crippen LogP contribution in [0.25, 0.3) is 0 Å². The van der Waals surface area contributed by atoms with Crippen LogP contribution in [-0.4, -0.2) is 28.4 Å². The van der Waals surface area contributed by atoms with Gasteiger partial charge in [0.2, 0.25) is 11.8 Å². The number of likely N-dealkylation sites (tertiary alicyclic amines) is 1. The number of carbonyl (C=O) groups is 3. The molecule has 1 aromatic rings. The molecular formula is C17H22N2O4. The van der Waals surface area contributed by atoms with Gasteiger partial charge in [-0.15, -0.1) is 0 Å². The molecule has 3 amide bonds. The van der Waals surface area contributed by atoms with Crippen molar-refractivity contribution in [1.29, 1.82) is 0 Å². The van der Waals surface area contributed by atoms with E-state index in [0.29, 0.717) is 17.9 Å². The predicted octanol–water partition coefficient (Wildman–Crippen LogP) is 2.31. The maximum Gasteiger partial charge on any atom is 0.424 e. The summed E-state index contributed by atoms with van der Waals surface area (Å²) in [5.74, 6) is -1.57. The Hall–Kier alpha value is -2.21. The molecule has 1 unspecified atom stereocenters. The van der Waals surface area contributed by atoms with Crippen molar-refractivity contribution >= 4 is 17.9 Å². The summed E-state index contributed by atoms with van der Waals surface area (Å²) in [6.07, 6.45) is -0.386. The van der Waals surface area contributed by atoms with Crippen molar-refractivity contribution in [3.63, 3.8) is 0 Å². The molecule has 1 heterocycles. The first-order valence-electron chi connectivity index (χ1n) is 7.61. The number of hydrogen-bond donors (Lipinski definition) is 1. The molecule has 1 aromatic carbocycles. The number of carbonyl (C=O) groups excluding carboxylic acids is 3. The first-order chi connectivity index (χ1) is 10.7. The van der Waals surface area contributed by atoms with Crippen LogP contribution in [0.4, 0.5) is 4.79 Å². The largest absolute Gasteiger partial charge is 0.443 e. The quantitative estimate of drug-likeness (QED) is 0.845.